The Kier molecular flexibility index (Phi) is 7.71. The van der Waals surface area contributed by atoms with Crippen LogP contribution in [0.4, 0.5) is 13.2 Å². The fourth-order valence-electron chi connectivity index (χ4n) is 6.81. The highest BCUT2D eigenvalue weighted by atomic mass is 19.4. The first kappa shape index (κ1) is 29.2. The number of hydrogen-bond acceptors (Lipinski definition) is 7. The molecule has 6 rings (SSSR count). The number of benzene rings is 1. The van der Waals surface area contributed by atoms with Gasteiger partial charge in [-0.05, 0) is 75.4 Å². The van der Waals surface area contributed by atoms with Gasteiger partial charge in [0.25, 0.3) is 5.91 Å². The van der Waals surface area contributed by atoms with Crippen LogP contribution in [0.5, 0.6) is 0 Å². The molecule has 228 valence electrons. The summed E-state index contributed by atoms with van der Waals surface area (Å²) >= 11 is 0. The van der Waals surface area contributed by atoms with Crippen LogP contribution in [0.15, 0.2) is 55.2 Å². The molecule has 1 saturated carbocycles. The Morgan fingerprint density at radius 2 is 1.84 bits per heavy atom. The van der Waals surface area contributed by atoms with E-state index in [0.29, 0.717) is 37.7 Å². The summed E-state index contributed by atoms with van der Waals surface area (Å²) < 4.78 is 40.6. The molecule has 3 aromatic rings. The van der Waals surface area contributed by atoms with E-state index in [2.05, 4.69) is 25.3 Å². The molecular weight excluding hydrogens is 563 g/mol. The molecule has 2 N–H and O–H groups in total. The van der Waals surface area contributed by atoms with Crippen LogP contribution in [0.1, 0.15) is 60.1 Å². The summed E-state index contributed by atoms with van der Waals surface area (Å²) in [6, 6.07) is 8.26. The van der Waals surface area contributed by atoms with E-state index in [1.54, 1.807) is 22.1 Å². The SMILES string of the molecule is O=C(NCC(=O)N1CC[C@@]2(CCN(C3CCC(O)(c4ccc(-n5cncn5)cn4)CC3)C2)C1)c1cccc(C(F)(F)F)c1. The topological polar surface area (TPSA) is 116 Å². The van der Waals surface area contributed by atoms with Gasteiger partial charge in [-0.25, -0.2) is 9.67 Å². The standard InChI is InChI=1S/C30H34F3N7O3/c31-30(32,33)22-3-1-2-21(14-22)27(42)36-16-26(41)39-13-11-28(18-39)10-12-38(17-28)23-6-8-29(43,9-7-23)25-5-4-24(15-35-25)40-20-34-19-37-40/h1-5,14-15,19-20,23,43H,6-13,16-18H2,(H,36,42)/t23?,28-,29?/m1/s1. The van der Waals surface area contributed by atoms with Crippen molar-refractivity contribution in [2.24, 2.45) is 5.41 Å². The number of rotatable bonds is 6. The van der Waals surface area contributed by atoms with Crippen LogP contribution in [0, 0.1) is 5.41 Å². The van der Waals surface area contributed by atoms with Gasteiger partial charge < -0.3 is 15.3 Å². The second-order valence-electron chi connectivity index (χ2n) is 12.1. The van der Waals surface area contributed by atoms with E-state index in [0.717, 1.165) is 56.6 Å². The minimum Gasteiger partial charge on any atom is -0.384 e. The number of nitrogens with one attached hydrogen (secondary N) is 1. The van der Waals surface area contributed by atoms with E-state index in [1.807, 2.05) is 12.1 Å². The highest BCUT2D eigenvalue weighted by Gasteiger charge is 2.47. The van der Waals surface area contributed by atoms with E-state index in [1.165, 1.54) is 18.5 Å². The van der Waals surface area contributed by atoms with Crippen molar-refractivity contribution in [3.05, 3.63) is 72.1 Å². The van der Waals surface area contributed by atoms with Crippen molar-refractivity contribution in [1.29, 1.82) is 0 Å². The van der Waals surface area contributed by atoms with Crippen LogP contribution in [0.25, 0.3) is 5.69 Å². The van der Waals surface area contributed by atoms with Crippen LogP contribution in [-0.2, 0) is 16.6 Å². The summed E-state index contributed by atoms with van der Waals surface area (Å²) in [5.74, 6) is -0.945. The molecule has 1 aromatic carbocycles. The van der Waals surface area contributed by atoms with Gasteiger partial charge in [0.15, 0.2) is 0 Å². The average Bonchev–Trinajstić information content (AvgIpc) is 3.78. The molecule has 3 aliphatic rings. The van der Waals surface area contributed by atoms with Gasteiger partial charge in [0.1, 0.15) is 18.3 Å². The summed E-state index contributed by atoms with van der Waals surface area (Å²) in [5, 5.41) is 18.0. The second-order valence-corrected chi connectivity index (χ2v) is 12.1. The number of carbonyl (C=O) groups is 2. The number of likely N-dealkylation sites (tertiary alicyclic amines) is 2. The summed E-state index contributed by atoms with van der Waals surface area (Å²) in [5.41, 5.74) is -0.570. The zero-order chi connectivity index (χ0) is 30.2. The van der Waals surface area contributed by atoms with E-state index < -0.39 is 23.2 Å². The fourth-order valence-corrected chi connectivity index (χ4v) is 6.81. The van der Waals surface area contributed by atoms with Crippen molar-refractivity contribution in [3.63, 3.8) is 0 Å². The Hall–Kier alpha value is -3.84. The number of aromatic nitrogens is 4. The third kappa shape index (κ3) is 6.14. The zero-order valence-corrected chi connectivity index (χ0v) is 23.6. The Labute approximate surface area is 246 Å². The number of carbonyl (C=O) groups excluding carboxylic acids is 2. The predicted molar refractivity (Wildman–Crippen MR) is 149 cm³/mol. The van der Waals surface area contributed by atoms with Gasteiger partial charge in [0.05, 0.1) is 29.7 Å². The van der Waals surface area contributed by atoms with E-state index in [-0.39, 0.29) is 23.4 Å². The number of alkyl halides is 3. The molecule has 2 saturated heterocycles. The lowest BCUT2D eigenvalue weighted by Gasteiger charge is -2.39. The number of nitrogens with zero attached hydrogens (tertiary/aromatic N) is 6. The molecular formula is C30H34F3N7O3. The third-order valence-electron chi connectivity index (χ3n) is 9.32. The molecule has 4 heterocycles. The van der Waals surface area contributed by atoms with E-state index >= 15 is 0 Å². The summed E-state index contributed by atoms with van der Waals surface area (Å²) in [6.45, 7) is 2.74. The Bertz CT molecular complexity index is 1460. The normalized spacial score (nSPS) is 26.2. The fraction of sp³-hybridized carbons (Fsp3) is 0.500. The molecule has 0 unspecified atom stereocenters. The molecule has 3 fully saturated rings. The van der Waals surface area contributed by atoms with Gasteiger partial charge in [-0.2, -0.15) is 18.3 Å². The van der Waals surface area contributed by atoms with Crippen molar-refractivity contribution in [3.8, 4) is 5.69 Å². The number of amides is 2. The van der Waals surface area contributed by atoms with Gasteiger partial charge in [-0.3, -0.25) is 19.5 Å². The smallest absolute Gasteiger partial charge is 0.384 e. The molecule has 0 bridgehead atoms. The van der Waals surface area contributed by atoms with Crippen molar-refractivity contribution in [2.45, 2.75) is 56.3 Å². The summed E-state index contributed by atoms with van der Waals surface area (Å²) in [7, 11) is 0. The number of pyridine rings is 1. The van der Waals surface area contributed by atoms with Crippen LogP contribution < -0.4 is 5.32 Å². The van der Waals surface area contributed by atoms with Gasteiger partial charge in [-0.1, -0.05) is 6.07 Å². The lowest BCUT2D eigenvalue weighted by atomic mass is 9.79. The maximum Gasteiger partial charge on any atom is 0.416 e. The second kappa shape index (κ2) is 11.3. The predicted octanol–water partition coefficient (Wildman–Crippen LogP) is 3.17. The zero-order valence-electron chi connectivity index (χ0n) is 23.6. The molecule has 10 nitrogen and oxygen atoms in total. The van der Waals surface area contributed by atoms with Gasteiger partial charge in [0, 0.05) is 36.7 Å². The minimum atomic E-state index is -4.55. The molecule has 2 aromatic heterocycles. The largest absolute Gasteiger partial charge is 0.416 e. The van der Waals surface area contributed by atoms with Crippen molar-refractivity contribution in [2.75, 3.05) is 32.7 Å². The highest BCUT2D eigenvalue weighted by molar-refractivity contribution is 5.96. The van der Waals surface area contributed by atoms with Crippen LogP contribution in [0.2, 0.25) is 0 Å². The van der Waals surface area contributed by atoms with Gasteiger partial charge in [0.2, 0.25) is 5.91 Å². The lowest BCUT2D eigenvalue weighted by Crippen LogP contribution is -2.43. The first-order valence-corrected chi connectivity index (χ1v) is 14.5. The highest BCUT2D eigenvalue weighted by Crippen LogP contribution is 2.44. The maximum atomic E-state index is 13.0. The summed E-state index contributed by atoms with van der Waals surface area (Å²) in [6.07, 6.45) is 4.98. The Morgan fingerprint density at radius 3 is 2.53 bits per heavy atom. The quantitative estimate of drug-likeness (QED) is 0.449. The molecule has 1 aliphatic carbocycles. The lowest BCUT2D eigenvalue weighted by molar-refractivity contribution is -0.137. The van der Waals surface area contributed by atoms with Crippen LogP contribution >= 0.6 is 0 Å². The van der Waals surface area contributed by atoms with E-state index in [4.69, 9.17) is 0 Å². The minimum absolute atomic E-state index is 0.00674. The van der Waals surface area contributed by atoms with Crippen molar-refractivity contribution in [1.82, 2.24) is 34.9 Å². The number of halogens is 3. The number of hydrogen-bond donors (Lipinski definition) is 2. The monoisotopic (exact) mass is 597 g/mol. The molecule has 1 spiro atoms. The molecule has 1 atom stereocenters. The first-order valence-electron chi connectivity index (χ1n) is 14.5. The molecule has 0 radical (unpaired) electrons. The number of aliphatic hydroxyl groups is 1. The van der Waals surface area contributed by atoms with Crippen molar-refractivity contribution >= 4 is 11.8 Å². The molecule has 43 heavy (non-hydrogen) atoms. The van der Waals surface area contributed by atoms with Gasteiger partial charge in [-0.15, -0.1) is 0 Å². The molecule has 2 aliphatic heterocycles. The van der Waals surface area contributed by atoms with Crippen LogP contribution in [-0.4, -0.2) is 85.2 Å². The maximum absolute atomic E-state index is 13.0. The third-order valence-corrected chi connectivity index (χ3v) is 9.32. The molecule has 13 heteroatoms. The van der Waals surface area contributed by atoms with Crippen LogP contribution in [0.3, 0.4) is 0 Å². The van der Waals surface area contributed by atoms with Gasteiger partial charge >= 0.3 is 6.18 Å². The van der Waals surface area contributed by atoms with Crippen molar-refractivity contribution < 1.29 is 27.9 Å². The Morgan fingerprint density at radius 1 is 1.05 bits per heavy atom. The first-order chi connectivity index (χ1) is 20.5. The summed E-state index contributed by atoms with van der Waals surface area (Å²) in [4.78, 5) is 38.1. The molecule has 2 amide bonds. The average molecular weight is 598 g/mol. The Balaban J connectivity index is 0.981. The van der Waals surface area contributed by atoms with E-state index in [9.17, 15) is 27.9 Å².